The van der Waals surface area contributed by atoms with Crippen molar-refractivity contribution in [3.8, 4) is 0 Å². The Bertz CT molecular complexity index is 643. The van der Waals surface area contributed by atoms with Crippen molar-refractivity contribution in [1.82, 2.24) is 4.98 Å². The summed E-state index contributed by atoms with van der Waals surface area (Å²) in [6.45, 7) is 0. The van der Waals surface area contributed by atoms with Crippen LogP contribution in [0.5, 0.6) is 0 Å². The first-order valence-corrected chi connectivity index (χ1v) is 6.92. The number of nitrogen functional groups attached to an aromatic ring is 1. The molecule has 2 rings (SSSR count). The number of carbonyl (C=O) groups is 1. The van der Waals surface area contributed by atoms with Gasteiger partial charge in [0.25, 0.3) is 5.69 Å². The maximum atomic E-state index is 11.8. The molecule has 1 heterocycles. The highest BCUT2D eigenvalue weighted by molar-refractivity contribution is 8.00. The summed E-state index contributed by atoms with van der Waals surface area (Å²) in [5, 5.41) is 13.2. The molecule has 3 N–H and O–H groups in total. The summed E-state index contributed by atoms with van der Waals surface area (Å²) >= 11 is 1.33. The Morgan fingerprint density at radius 2 is 2.00 bits per heavy atom. The number of aromatic nitrogens is 1. The van der Waals surface area contributed by atoms with Crippen molar-refractivity contribution in [2.75, 3.05) is 16.8 Å². The zero-order chi connectivity index (χ0) is 15.2. The highest BCUT2D eigenvalue weighted by Gasteiger charge is 2.07. The second-order valence-corrected chi connectivity index (χ2v) is 5.11. The number of amides is 1. The van der Waals surface area contributed by atoms with Crippen LogP contribution in [0.2, 0.25) is 0 Å². The molecule has 0 radical (unpaired) electrons. The Kier molecular flexibility index (Phi) is 4.72. The molecule has 108 valence electrons. The first-order valence-electron chi connectivity index (χ1n) is 5.93. The van der Waals surface area contributed by atoms with E-state index < -0.39 is 4.92 Å². The molecule has 1 aromatic carbocycles. The Hall–Kier alpha value is -2.61. The lowest BCUT2D eigenvalue weighted by Gasteiger charge is -2.05. The fourth-order valence-corrected chi connectivity index (χ4v) is 2.15. The number of rotatable bonds is 5. The molecule has 0 aliphatic heterocycles. The zero-order valence-electron chi connectivity index (χ0n) is 10.9. The van der Waals surface area contributed by atoms with Gasteiger partial charge in [0.15, 0.2) is 0 Å². The minimum Gasteiger partial charge on any atom is -0.384 e. The molecule has 0 atom stereocenters. The van der Waals surface area contributed by atoms with Crippen LogP contribution >= 0.6 is 11.8 Å². The largest absolute Gasteiger partial charge is 0.384 e. The van der Waals surface area contributed by atoms with E-state index in [0.29, 0.717) is 11.5 Å². The molecule has 0 aliphatic rings. The molecule has 0 saturated heterocycles. The normalized spacial score (nSPS) is 10.1. The van der Waals surface area contributed by atoms with Crippen LogP contribution in [0.4, 0.5) is 17.2 Å². The van der Waals surface area contributed by atoms with Gasteiger partial charge in [-0.2, -0.15) is 0 Å². The summed E-state index contributed by atoms with van der Waals surface area (Å²) in [6, 6.07) is 9.11. The minimum atomic E-state index is -0.491. The predicted octanol–water partition coefficient (Wildman–Crippen LogP) is 2.30. The van der Waals surface area contributed by atoms with Gasteiger partial charge < -0.3 is 11.1 Å². The maximum absolute atomic E-state index is 11.8. The van der Waals surface area contributed by atoms with Gasteiger partial charge in [0.05, 0.1) is 10.7 Å². The van der Waals surface area contributed by atoms with Gasteiger partial charge in [-0.15, -0.1) is 11.8 Å². The molecular formula is C13H12N4O3S. The molecule has 21 heavy (non-hydrogen) atoms. The van der Waals surface area contributed by atoms with Crippen molar-refractivity contribution in [2.45, 2.75) is 4.90 Å². The van der Waals surface area contributed by atoms with Gasteiger partial charge in [0.1, 0.15) is 5.82 Å². The van der Waals surface area contributed by atoms with Crippen LogP contribution in [0, 0.1) is 10.1 Å². The number of carbonyl (C=O) groups excluding carboxylic acids is 1. The molecule has 2 aromatic rings. The Morgan fingerprint density at radius 1 is 1.29 bits per heavy atom. The third kappa shape index (κ3) is 4.46. The summed E-state index contributed by atoms with van der Waals surface area (Å²) in [6.07, 6.45) is 1.60. The van der Waals surface area contributed by atoms with E-state index in [1.807, 2.05) is 0 Å². The van der Waals surface area contributed by atoms with E-state index in [1.165, 1.54) is 36.0 Å². The topological polar surface area (TPSA) is 111 Å². The maximum Gasteiger partial charge on any atom is 0.269 e. The molecule has 0 spiro atoms. The molecule has 8 heteroatoms. The quantitative estimate of drug-likeness (QED) is 0.498. The third-order valence-electron chi connectivity index (χ3n) is 2.49. The highest BCUT2D eigenvalue weighted by atomic mass is 32.2. The first-order chi connectivity index (χ1) is 10.0. The number of nitro benzene ring substituents is 1. The standard InChI is InChI=1S/C13H12N4O3S/c14-12-6-5-11(7-15-12)21-8-13(18)16-9-1-3-10(4-2-9)17(19)20/h1-7H,8H2,(H2,14,15)(H,16,18). The smallest absolute Gasteiger partial charge is 0.269 e. The number of nitrogens with two attached hydrogens (primary N) is 1. The van der Waals surface area contributed by atoms with E-state index in [4.69, 9.17) is 5.73 Å². The second-order valence-electron chi connectivity index (χ2n) is 4.06. The number of hydrogen-bond acceptors (Lipinski definition) is 6. The Labute approximate surface area is 124 Å². The van der Waals surface area contributed by atoms with Gasteiger partial charge >= 0.3 is 0 Å². The van der Waals surface area contributed by atoms with E-state index in [2.05, 4.69) is 10.3 Å². The molecule has 0 fully saturated rings. The summed E-state index contributed by atoms with van der Waals surface area (Å²) in [4.78, 5) is 26.6. The number of nitrogens with one attached hydrogen (secondary N) is 1. The number of thioether (sulfide) groups is 1. The van der Waals surface area contributed by atoms with Gasteiger partial charge in [-0.05, 0) is 24.3 Å². The molecule has 1 amide bonds. The van der Waals surface area contributed by atoms with Gasteiger partial charge in [0, 0.05) is 28.9 Å². The number of nitrogens with zero attached hydrogens (tertiary/aromatic N) is 2. The van der Waals surface area contributed by atoms with E-state index in [-0.39, 0.29) is 17.3 Å². The number of hydrogen-bond donors (Lipinski definition) is 2. The van der Waals surface area contributed by atoms with E-state index in [1.54, 1.807) is 18.3 Å². The molecule has 0 saturated carbocycles. The summed E-state index contributed by atoms with van der Waals surface area (Å²) < 4.78 is 0. The summed E-state index contributed by atoms with van der Waals surface area (Å²) in [7, 11) is 0. The molecule has 0 aliphatic carbocycles. The highest BCUT2D eigenvalue weighted by Crippen LogP contribution is 2.19. The van der Waals surface area contributed by atoms with Crippen LogP contribution in [-0.2, 0) is 4.79 Å². The van der Waals surface area contributed by atoms with Crippen LogP contribution in [0.25, 0.3) is 0 Å². The van der Waals surface area contributed by atoms with Gasteiger partial charge in [-0.3, -0.25) is 14.9 Å². The average Bonchev–Trinajstić information content (AvgIpc) is 2.47. The fourth-order valence-electron chi connectivity index (χ4n) is 1.49. The molecule has 1 aromatic heterocycles. The van der Waals surface area contributed by atoms with Crippen molar-refractivity contribution in [3.63, 3.8) is 0 Å². The number of benzene rings is 1. The Morgan fingerprint density at radius 3 is 2.57 bits per heavy atom. The number of nitro groups is 1. The molecule has 7 nitrogen and oxygen atoms in total. The van der Waals surface area contributed by atoms with Crippen LogP contribution in [0.1, 0.15) is 0 Å². The van der Waals surface area contributed by atoms with Gasteiger partial charge in [-0.25, -0.2) is 4.98 Å². The minimum absolute atomic E-state index is 0.0182. The zero-order valence-corrected chi connectivity index (χ0v) is 11.7. The second kappa shape index (κ2) is 6.71. The predicted molar refractivity (Wildman–Crippen MR) is 81.1 cm³/mol. The van der Waals surface area contributed by atoms with E-state index >= 15 is 0 Å². The van der Waals surface area contributed by atoms with Crippen LogP contribution in [-0.4, -0.2) is 21.6 Å². The SMILES string of the molecule is Nc1ccc(SCC(=O)Nc2ccc([N+](=O)[O-])cc2)cn1. The summed E-state index contributed by atoms with van der Waals surface area (Å²) in [5.41, 5.74) is 5.97. The summed E-state index contributed by atoms with van der Waals surface area (Å²) in [5.74, 6) is 0.433. The lowest BCUT2D eigenvalue weighted by Crippen LogP contribution is -2.13. The van der Waals surface area contributed by atoms with Gasteiger partial charge in [0.2, 0.25) is 5.91 Å². The lowest BCUT2D eigenvalue weighted by molar-refractivity contribution is -0.384. The third-order valence-corrected chi connectivity index (χ3v) is 3.47. The molecular weight excluding hydrogens is 292 g/mol. The Balaban J connectivity index is 1.86. The monoisotopic (exact) mass is 304 g/mol. The number of non-ortho nitro benzene ring substituents is 1. The van der Waals surface area contributed by atoms with Crippen LogP contribution in [0.15, 0.2) is 47.5 Å². The molecule has 0 bridgehead atoms. The molecule has 0 unspecified atom stereocenters. The average molecular weight is 304 g/mol. The number of anilines is 2. The van der Waals surface area contributed by atoms with Crippen molar-refractivity contribution in [3.05, 3.63) is 52.7 Å². The van der Waals surface area contributed by atoms with Crippen molar-refractivity contribution in [1.29, 1.82) is 0 Å². The fraction of sp³-hybridized carbons (Fsp3) is 0.0769. The lowest BCUT2D eigenvalue weighted by atomic mass is 10.3. The van der Waals surface area contributed by atoms with Crippen molar-refractivity contribution in [2.24, 2.45) is 0 Å². The van der Waals surface area contributed by atoms with Crippen LogP contribution in [0.3, 0.4) is 0 Å². The number of pyridine rings is 1. The van der Waals surface area contributed by atoms with E-state index in [0.717, 1.165) is 4.90 Å². The van der Waals surface area contributed by atoms with Crippen molar-refractivity contribution >= 4 is 34.9 Å². The van der Waals surface area contributed by atoms with Crippen molar-refractivity contribution < 1.29 is 9.72 Å². The van der Waals surface area contributed by atoms with Gasteiger partial charge in [-0.1, -0.05) is 0 Å². The van der Waals surface area contributed by atoms with Crippen LogP contribution < -0.4 is 11.1 Å². The van der Waals surface area contributed by atoms with E-state index in [9.17, 15) is 14.9 Å². The first kappa shape index (κ1) is 14.8.